The third kappa shape index (κ3) is 2.07. The van der Waals surface area contributed by atoms with Gasteiger partial charge in [-0.2, -0.15) is 5.10 Å². The fourth-order valence-corrected chi connectivity index (χ4v) is 1.76. The summed E-state index contributed by atoms with van der Waals surface area (Å²) < 4.78 is 10.4. The zero-order valence-corrected chi connectivity index (χ0v) is 10.5. The lowest BCUT2D eigenvalue weighted by molar-refractivity contribution is 0.103. The van der Waals surface area contributed by atoms with Crippen LogP contribution in [0.3, 0.4) is 0 Å². The average Bonchev–Trinajstić information content (AvgIpc) is 2.91. The Morgan fingerprint density at radius 1 is 1.22 bits per heavy atom. The summed E-state index contributed by atoms with van der Waals surface area (Å²) in [7, 11) is 3.11. The Morgan fingerprint density at radius 3 is 2.44 bits per heavy atom. The van der Waals surface area contributed by atoms with Gasteiger partial charge in [0, 0.05) is 11.8 Å². The van der Waals surface area contributed by atoms with Crippen molar-refractivity contribution in [1.82, 2.24) is 10.2 Å². The van der Waals surface area contributed by atoms with Crippen molar-refractivity contribution < 1.29 is 14.3 Å². The summed E-state index contributed by atoms with van der Waals surface area (Å²) in [6, 6.07) is 3.47. The molecule has 5 nitrogen and oxygen atoms in total. The summed E-state index contributed by atoms with van der Waals surface area (Å²) >= 11 is 0. The standard InChI is InChI=1S/C13H14N2O3/c1-8-4-11(17-2)12(18-3)5-10(8)13(16)9-6-14-15-7-9/h4-7H,1-3H3,(H,14,15). The van der Waals surface area contributed by atoms with Crippen LogP contribution in [0.4, 0.5) is 0 Å². The first-order valence-electron chi connectivity index (χ1n) is 5.43. The van der Waals surface area contributed by atoms with Crippen LogP contribution in [0.2, 0.25) is 0 Å². The normalized spacial score (nSPS) is 10.2. The smallest absolute Gasteiger partial charge is 0.196 e. The van der Waals surface area contributed by atoms with Gasteiger partial charge < -0.3 is 9.47 Å². The first-order valence-corrected chi connectivity index (χ1v) is 5.43. The fraction of sp³-hybridized carbons (Fsp3) is 0.231. The molecule has 1 N–H and O–H groups in total. The molecular weight excluding hydrogens is 232 g/mol. The Kier molecular flexibility index (Phi) is 3.32. The zero-order valence-electron chi connectivity index (χ0n) is 10.5. The molecule has 0 spiro atoms. The van der Waals surface area contributed by atoms with Crippen LogP contribution in [-0.4, -0.2) is 30.2 Å². The summed E-state index contributed by atoms with van der Waals surface area (Å²) in [5.74, 6) is 1.05. The van der Waals surface area contributed by atoms with Crippen LogP contribution >= 0.6 is 0 Å². The molecule has 18 heavy (non-hydrogen) atoms. The average molecular weight is 246 g/mol. The molecule has 1 heterocycles. The quantitative estimate of drug-likeness (QED) is 0.838. The van der Waals surface area contributed by atoms with Gasteiger partial charge in [0.15, 0.2) is 17.3 Å². The van der Waals surface area contributed by atoms with Gasteiger partial charge in [-0.05, 0) is 24.6 Å². The number of aromatic amines is 1. The highest BCUT2D eigenvalue weighted by Crippen LogP contribution is 2.31. The van der Waals surface area contributed by atoms with Crippen LogP contribution in [0, 0.1) is 6.92 Å². The predicted octanol–water partition coefficient (Wildman–Crippen LogP) is 1.97. The highest BCUT2D eigenvalue weighted by atomic mass is 16.5. The minimum absolute atomic E-state index is 0.0952. The molecule has 0 atom stereocenters. The molecule has 0 amide bonds. The van der Waals surface area contributed by atoms with E-state index in [0.29, 0.717) is 22.6 Å². The van der Waals surface area contributed by atoms with Crippen molar-refractivity contribution in [3.8, 4) is 11.5 Å². The van der Waals surface area contributed by atoms with Crippen molar-refractivity contribution in [1.29, 1.82) is 0 Å². The lowest BCUT2D eigenvalue weighted by Crippen LogP contribution is -2.04. The number of ether oxygens (including phenoxy) is 2. The Labute approximate surface area is 105 Å². The van der Waals surface area contributed by atoms with Gasteiger partial charge in [-0.15, -0.1) is 0 Å². The molecule has 1 aromatic carbocycles. The highest BCUT2D eigenvalue weighted by Gasteiger charge is 2.16. The summed E-state index contributed by atoms with van der Waals surface area (Å²) in [6.07, 6.45) is 3.07. The number of ketones is 1. The summed E-state index contributed by atoms with van der Waals surface area (Å²) in [5, 5.41) is 6.40. The molecule has 0 unspecified atom stereocenters. The van der Waals surface area contributed by atoms with E-state index in [9.17, 15) is 4.79 Å². The summed E-state index contributed by atoms with van der Waals surface area (Å²) in [4.78, 5) is 12.2. The maximum Gasteiger partial charge on any atom is 0.196 e. The predicted molar refractivity (Wildman–Crippen MR) is 66.3 cm³/mol. The number of hydrogen-bond acceptors (Lipinski definition) is 4. The Balaban J connectivity index is 2.48. The Hall–Kier alpha value is -2.30. The van der Waals surface area contributed by atoms with E-state index in [1.54, 1.807) is 32.5 Å². The number of H-pyrrole nitrogens is 1. The van der Waals surface area contributed by atoms with Gasteiger partial charge in [-0.3, -0.25) is 9.89 Å². The van der Waals surface area contributed by atoms with Crippen LogP contribution in [0.5, 0.6) is 11.5 Å². The molecule has 2 rings (SSSR count). The molecule has 0 saturated carbocycles. The molecule has 0 radical (unpaired) electrons. The van der Waals surface area contributed by atoms with E-state index in [0.717, 1.165) is 5.56 Å². The zero-order chi connectivity index (χ0) is 13.1. The fourth-order valence-electron chi connectivity index (χ4n) is 1.76. The van der Waals surface area contributed by atoms with E-state index in [2.05, 4.69) is 10.2 Å². The number of carbonyl (C=O) groups excluding carboxylic acids is 1. The van der Waals surface area contributed by atoms with Gasteiger partial charge >= 0.3 is 0 Å². The molecular formula is C13H14N2O3. The number of methoxy groups -OCH3 is 2. The highest BCUT2D eigenvalue weighted by molar-refractivity contribution is 6.10. The minimum Gasteiger partial charge on any atom is -0.493 e. The number of nitrogens with zero attached hydrogens (tertiary/aromatic N) is 1. The van der Waals surface area contributed by atoms with Gasteiger partial charge in [0.1, 0.15) is 0 Å². The van der Waals surface area contributed by atoms with Crippen molar-refractivity contribution in [2.75, 3.05) is 14.2 Å². The minimum atomic E-state index is -0.0952. The first kappa shape index (κ1) is 12.2. The molecule has 94 valence electrons. The second-order valence-electron chi connectivity index (χ2n) is 3.84. The number of nitrogens with one attached hydrogen (secondary N) is 1. The molecule has 0 aliphatic heterocycles. The summed E-state index contributed by atoms with van der Waals surface area (Å²) in [5.41, 5.74) is 1.93. The van der Waals surface area contributed by atoms with Crippen LogP contribution in [0.1, 0.15) is 21.5 Å². The number of rotatable bonds is 4. The molecule has 0 fully saturated rings. The van der Waals surface area contributed by atoms with Crippen LogP contribution in [-0.2, 0) is 0 Å². The molecule has 0 aliphatic carbocycles. The third-order valence-corrected chi connectivity index (χ3v) is 2.74. The Morgan fingerprint density at radius 2 is 1.89 bits per heavy atom. The van der Waals surface area contributed by atoms with E-state index < -0.39 is 0 Å². The van der Waals surface area contributed by atoms with Crippen molar-refractivity contribution >= 4 is 5.78 Å². The maximum atomic E-state index is 12.2. The number of aromatic nitrogens is 2. The molecule has 5 heteroatoms. The Bertz CT molecular complexity index is 562. The third-order valence-electron chi connectivity index (χ3n) is 2.74. The van der Waals surface area contributed by atoms with E-state index in [-0.39, 0.29) is 5.78 Å². The number of carbonyl (C=O) groups is 1. The molecule has 0 saturated heterocycles. The van der Waals surface area contributed by atoms with Crippen LogP contribution in [0.25, 0.3) is 0 Å². The second kappa shape index (κ2) is 4.91. The van der Waals surface area contributed by atoms with Gasteiger partial charge in [0.05, 0.1) is 26.0 Å². The van der Waals surface area contributed by atoms with Crippen molar-refractivity contribution in [3.05, 3.63) is 41.2 Å². The number of benzene rings is 1. The van der Waals surface area contributed by atoms with Crippen molar-refractivity contribution in [2.45, 2.75) is 6.92 Å². The van der Waals surface area contributed by atoms with Gasteiger partial charge in [-0.1, -0.05) is 0 Å². The van der Waals surface area contributed by atoms with Crippen LogP contribution in [0.15, 0.2) is 24.5 Å². The number of hydrogen-bond donors (Lipinski definition) is 1. The monoisotopic (exact) mass is 246 g/mol. The molecule has 1 aromatic heterocycles. The second-order valence-corrected chi connectivity index (χ2v) is 3.84. The SMILES string of the molecule is COc1cc(C)c(C(=O)c2cn[nH]c2)cc1OC. The summed E-state index contributed by atoms with van der Waals surface area (Å²) in [6.45, 7) is 1.86. The molecule has 0 aliphatic rings. The van der Waals surface area contributed by atoms with Gasteiger partial charge in [0.25, 0.3) is 0 Å². The van der Waals surface area contributed by atoms with Gasteiger partial charge in [-0.25, -0.2) is 0 Å². The van der Waals surface area contributed by atoms with E-state index in [1.807, 2.05) is 6.92 Å². The lowest BCUT2D eigenvalue weighted by Gasteiger charge is -2.11. The van der Waals surface area contributed by atoms with E-state index >= 15 is 0 Å². The van der Waals surface area contributed by atoms with Gasteiger partial charge in [0.2, 0.25) is 0 Å². The largest absolute Gasteiger partial charge is 0.493 e. The van der Waals surface area contributed by atoms with Crippen molar-refractivity contribution in [3.63, 3.8) is 0 Å². The maximum absolute atomic E-state index is 12.2. The topological polar surface area (TPSA) is 64.2 Å². The van der Waals surface area contributed by atoms with Crippen molar-refractivity contribution in [2.24, 2.45) is 0 Å². The van der Waals surface area contributed by atoms with E-state index in [4.69, 9.17) is 9.47 Å². The molecule has 0 bridgehead atoms. The van der Waals surface area contributed by atoms with Crippen LogP contribution < -0.4 is 9.47 Å². The molecule has 2 aromatic rings. The lowest BCUT2D eigenvalue weighted by atomic mass is 10.0. The number of aryl methyl sites for hydroxylation is 1. The van der Waals surface area contributed by atoms with E-state index in [1.165, 1.54) is 6.20 Å². The first-order chi connectivity index (χ1) is 8.67.